The van der Waals surface area contributed by atoms with Crippen molar-refractivity contribution < 1.29 is 14.6 Å². The summed E-state index contributed by atoms with van der Waals surface area (Å²) in [6.45, 7) is 13.6. The Morgan fingerprint density at radius 1 is 1.16 bits per heavy atom. The van der Waals surface area contributed by atoms with Gasteiger partial charge < -0.3 is 9.84 Å². The minimum Gasteiger partial charge on any atom is -0.466 e. The summed E-state index contributed by atoms with van der Waals surface area (Å²) in [5.74, 6) is 1.42. The highest BCUT2D eigenvalue weighted by molar-refractivity contribution is 5.65. The lowest BCUT2D eigenvalue weighted by molar-refractivity contribution is -0.170. The zero-order valence-corrected chi connectivity index (χ0v) is 17.4. The first kappa shape index (κ1) is 20.7. The van der Waals surface area contributed by atoms with Gasteiger partial charge in [0.25, 0.3) is 0 Å². The topological polar surface area (TPSA) is 46.5 Å². The van der Waals surface area contributed by atoms with Gasteiger partial charge in [0.05, 0.1) is 12.2 Å². The van der Waals surface area contributed by atoms with E-state index in [1.165, 1.54) is 26.2 Å². The monoisotopic (exact) mass is 352 g/mol. The second-order valence-electron chi connectivity index (χ2n) is 10.2. The first-order valence-electron chi connectivity index (χ1n) is 10.3. The number of carbonyl (C=O) groups is 1. The minimum absolute atomic E-state index is 0.192. The first-order valence-corrected chi connectivity index (χ1v) is 10.3. The lowest BCUT2D eigenvalue weighted by atomic mass is 9.45. The minimum atomic E-state index is -0.547. The fraction of sp³-hybridized carbons (Fsp3) is 0.955. The summed E-state index contributed by atoms with van der Waals surface area (Å²) in [5.41, 5.74) is 0.0933. The maximum absolute atomic E-state index is 11.2. The predicted molar refractivity (Wildman–Crippen MR) is 102 cm³/mol. The SMILES string of the molecule is CC(=O)OCC[C@@H](C)CC[C@@H]1[C@@]2(C)CCCC(C)(C)[C@@H]2CC[C@@]1(C)O. The molecule has 0 aromatic rings. The number of esters is 1. The lowest BCUT2D eigenvalue weighted by Crippen LogP contribution is -2.57. The fourth-order valence-corrected chi connectivity index (χ4v) is 6.26. The molecule has 0 bridgehead atoms. The molecule has 25 heavy (non-hydrogen) atoms. The molecule has 2 aliphatic carbocycles. The predicted octanol–water partition coefficient (Wildman–Crippen LogP) is 5.35. The molecule has 0 aromatic heterocycles. The van der Waals surface area contributed by atoms with Gasteiger partial charge in [-0.3, -0.25) is 4.79 Å². The average Bonchev–Trinajstić information content (AvgIpc) is 2.44. The van der Waals surface area contributed by atoms with Crippen LogP contribution in [-0.4, -0.2) is 23.3 Å². The molecule has 2 fully saturated rings. The van der Waals surface area contributed by atoms with E-state index in [2.05, 4.69) is 34.6 Å². The molecule has 2 aliphatic rings. The molecule has 1 N–H and O–H groups in total. The normalized spacial score (nSPS) is 38.7. The van der Waals surface area contributed by atoms with Gasteiger partial charge in [-0.05, 0) is 74.0 Å². The van der Waals surface area contributed by atoms with Crippen LogP contribution in [0.2, 0.25) is 0 Å². The number of hydrogen-bond acceptors (Lipinski definition) is 3. The molecule has 0 saturated heterocycles. The molecule has 0 spiro atoms. The highest BCUT2D eigenvalue weighted by Crippen LogP contribution is 2.63. The number of ether oxygens (including phenoxy) is 1. The molecular weight excluding hydrogens is 312 g/mol. The molecule has 3 heteroatoms. The Hall–Kier alpha value is -0.570. The zero-order valence-electron chi connectivity index (χ0n) is 17.4. The van der Waals surface area contributed by atoms with Gasteiger partial charge >= 0.3 is 5.97 Å². The smallest absolute Gasteiger partial charge is 0.302 e. The van der Waals surface area contributed by atoms with Crippen LogP contribution < -0.4 is 0 Å². The van der Waals surface area contributed by atoms with Crippen molar-refractivity contribution >= 4 is 5.97 Å². The zero-order chi connectivity index (χ0) is 18.9. The van der Waals surface area contributed by atoms with Crippen molar-refractivity contribution in [1.29, 1.82) is 0 Å². The van der Waals surface area contributed by atoms with E-state index >= 15 is 0 Å². The van der Waals surface area contributed by atoms with Crippen LogP contribution in [0.4, 0.5) is 0 Å². The van der Waals surface area contributed by atoms with Crippen molar-refractivity contribution in [3.05, 3.63) is 0 Å². The molecule has 0 aromatic carbocycles. The van der Waals surface area contributed by atoms with E-state index in [0.29, 0.717) is 23.9 Å². The fourth-order valence-electron chi connectivity index (χ4n) is 6.26. The number of hydrogen-bond donors (Lipinski definition) is 1. The van der Waals surface area contributed by atoms with E-state index in [-0.39, 0.29) is 11.4 Å². The van der Waals surface area contributed by atoms with Gasteiger partial charge in [-0.15, -0.1) is 0 Å². The molecule has 0 radical (unpaired) electrons. The summed E-state index contributed by atoms with van der Waals surface area (Å²) in [4.78, 5) is 10.9. The van der Waals surface area contributed by atoms with Crippen molar-refractivity contribution in [2.75, 3.05) is 6.61 Å². The Labute approximate surface area is 154 Å². The van der Waals surface area contributed by atoms with E-state index in [0.717, 1.165) is 38.0 Å². The van der Waals surface area contributed by atoms with E-state index in [9.17, 15) is 9.90 Å². The van der Waals surface area contributed by atoms with Crippen molar-refractivity contribution in [1.82, 2.24) is 0 Å². The standard InChI is InChI=1S/C22H40O3/c1-16(11-15-25-17(2)23)8-9-19-21(5)13-7-12-20(3,4)18(21)10-14-22(19,6)24/h16,18-19,24H,7-15H2,1-6H3/t16-,18-,19+,21-,22+/m0/s1. The van der Waals surface area contributed by atoms with E-state index in [1.54, 1.807) is 0 Å². The summed E-state index contributed by atoms with van der Waals surface area (Å²) in [6, 6.07) is 0. The summed E-state index contributed by atoms with van der Waals surface area (Å²) >= 11 is 0. The maximum atomic E-state index is 11.2. The lowest BCUT2D eigenvalue weighted by Gasteiger charge is -2.61. The summed E-state index contributed by atoms with van der Waals surface area (Å²) in [6.07, 6.45) is 9.06. The van der Waals surface area contributed by atoms with E-state index < -0.39 is 5.60 Å². The van der Waals surface area contributed by atoms with Crippen molar-refractivity contribution in [3.8, 4) is 0 Å². The van der Waals surface area contributed by atoms with Crippen LogP contribution >= 0.6 is 0 Å². The molecule has 0 heterocycles. The average molecular weight is 353 g/mol. The van der Waals surface area contributed by atoms with Gasteiger partial charge in [0.15, 0.2) is 0 Å². The Balaban J connectivity index is 2.04. The second kappa shape index (κ2) is 7.58. The van der Waals surface area contributed by atoms with Crippen LogP contribution in [-0.2, 0) is 9.53 Å². The maximum Gasteiger partial charge on any atom is 0.302 e. The molecule has 146 valence electrons. The van der Waals surface area contributed by atoms with Crippen molar-refractivity contribution in [2.45, 2.75) is 98.5 Å². The van der Waals surface area contributed by atoms with Crippen molar-refractivity contribution in [2.24, 2.45) is 28.6 Å². The largest absolute Gasteiger partial charge is 0.466 e. The number of carbonyl (C=O) groups excluding carboxylic acids is 1. The molecule has 3 nitrogen and oxygen atoms in total. The molecule has 0 unspecified atom stereocenters. The summed E-state index contributed by atoms with van der Waals surface area (Å²) in [7, 11) is 0. The van der Waals surface area contributed by atoms with Crippen LogP contribution in [0.5, 0.6) is 0 Å². The Kier molecular flexibility index (Phi) is 6.29. The third-order valence-corrected chi connectivity index (χ3v) is 7.63. The van der Waals surface area contributed by atoms with Crippen LogP contribution in [0.1, 0.15) is 92.9 Å². The number of aliphatic hydroxyl groups is 1. The molecule has 0 amide bonds. The molecule has 2 saturated carbocycles. The Morgan fingerprint density at radius 3 is 2.48 bits per heavy atom. The first-order chi connectivity index (χ1) is 11.5. The van der Waals surface area contributed by atoms with Gasteiger partial charge in [0.1, 0.15) is 0 Å². The third kappa shape index (κ3) is 4.59. The van der Waals surface area contributed by atoms with Crippen LogP contribution in [0.15, 0.2) is 0 Å². The van der Waals surface area contributed by atoms with Crippen LogP contribution in [0, 0.1) is 28.6 Å². The van der Waals surface area contributed by atoms with Gasteiger partial charge in [0, 0.05) is 6.92 Å². The highest BCUT2D eigenvalue weighted by atomic mass is 16.5. The quantitative estimate of drug-likeness (QED) is 0.655. The summed E-state index contributed by atoms with van der Waals surface area (Å²) in [5, 5.41) is 11.2. The van der Waals surface area contributed by atoms with E-state index in [4.69, 9.17) is 4.74 Å². The molecular formula is C22H40O3. The van der Waals surface area contributed by atoms with Gasteiger partial charge in [-0.25, -0.2) is 0 Å². The Morgan fingerprint density at radius 2 is 1.84 bits per heavy atom. The van der Waals surface area contributed by atoms with Gasteiger partial charge in [-0.2, -0.15) is 0 Å². The third-order valence-electron chi connectivity index (χ3n) is 7.63. The van der Waals surface area contributed by atoms with Crippen LogP contribution in [0.25, 0.3) is 0 Å². The van der Waals surface area contributed by atoms with Gasteiger partial charge in [0.2, 0.25) is 0 Å². The molecule has 0 aliphatic heterocycles. The Bertz CT molecular complexity index is 468. The van der Waals surface area contributed by atoms with Crippen molar-refractivity contribution in [3.63, 3.8) is 0 Å². The van der Waals surface area contributed by atoms with Crippen LogP contribution in [0.3, 0.4) is 0 Å². The molecule has 2 rings (SSSR count). The number of rotatable bonds is 6. The second-order valence-corrected chi connectivity index (χ2v) is 10.2. The van der Waals surface area contributed by atoms with E-state index in [1.807, 2.05) is 0 Å². The number of fused-ring (bicyclic) bond motifs is 1. The van der Waals surface area contributed by atoms with Gasteiger partial charge in [-0.1, -0.05) is 40.5 Å². The molecule has 5 atom stereocenters. The highest BCUT2D eigenvalue weighted by Gasteiger charge is 2.57. The summed E-state index contributed by atoms with van der Waals surface area (Å²) < 4.78 is 5.09.